The molecule has 308 valence electrons. The number of furan rings is 1. The Kier molecular flexibility index (Phi) is 10.4. The minimum Gasteiger partial charge on any atom is -0.456 e. The van der Waals surface area contributed by atoms with Crippen LogP contribution in [0.25, 0.3) is 65.6 Å². The first kappa shape index (κ1) is 41.6. The zero-order chi connectivity index (χ0) is 43.0. The number of hydrogen-bond donors (Lipinski definition) is 0. The van der Waals surface area contributed by atoms with Gasteiger partial charge in [0.1, 0.15) is 11.2 Å². The van der Waals surface area contributed by atoms with Gasteiger partial charge in [0.25, 0.3) is 0 Å². The second kappa shape index (κ2) is 16.0. The standard InChI is InChI=1S/C58H46N4O.U/c1-57(2,3)55-47-32-43(61(39-20-12-8-13-21-39)41-28-26-38(27-29-41)37-18-10-7-11-19-37)34-49-53(47)54-48(56(59-49)58(4,5)6)33-44(35-50(54)60-55)62(40-22-14-9-15-23-40)42-30-31-46-45-24-16-17-25-51(45)63-52(46)36-42;/h7-18,20-26,28-36H,1-6H3;/q-2;+2. The van der Waals surface area contributed by atoms with Crippen LogP contribution in [0, 0.1) is 43.2 Å². The molecule has 0 aliphatic carbocycles. The van der Waals surface area contributed by atoms with Crippen LogP contribution in [0.3, 0.4) is 0 Å². The van der Waals surface area contributed by atoms with Crippen LogP contribution in [0.2, 0.25) is 0 Å². The van der Waals surface area contributed by atoms with Gasteiger partial charge in [0, 0.05) is 77.7 Å². The van der Waals surface area contributed by atoms with Crippen LogP contribution in [-0.2, 0) is 10.8 Å². The molecule has 0 saturated heterocycles. The van der Waals surface area contributed by atoms with Gasteiger partial charge in [-0.15, -0.1) is 18.2 Å². The SMILES string of the molecule is CC(C)(C)c1nc2cc(N(c3ccccc3)c3ccc4c(c3)oc3ccccc34)cc3c(C(C)(C)C)nc4cc(N(c5c[c-]c(-c6[c-]cccc6)cc5)c5ccccc5)cc1c4c23.[U+2]. The van der Waals surface area contributed by atoms with Crippen molar-refractivity contribution in [2.75, 3.05) is 9.80 Å². The van der Waals surface area contributed by atoms with Crippen molar-refractivity contribution in [3.05, 3.63) is 193 Å². The minimum atomic E-state index is -0.294. The number of benzene rings is 8. The maximum Gasteiger partial charge on any atom is 2.00 e. The Bertz CT molecular complexity index is 3460. The molecule has 0 unspecified atom stereocenters. The van der Waals surface area contributed by atoms with Crippen molar-refractivity contribution in [1.82, 2.24) is 9.97 Å². The third kappa shape index (κ3) is 7.20. The van der Waals surface area contributed by atoms with Crippen molar-refractivity contribution in [3.63, 3.8) is 0 Å². The van der Waals surface area contributed by atoms with Crippen LogP contribution < -0.4 is 9.80 Å². The summed E-state index contributed by atoms with van der Waals surface area (Å²) in [4.78, 5) is 16.0. The van der Waals surface area contributed by atoms with E-state index in [1.165, 1.54) is 0 Å². The van der Waals surface area contributed by atoms with E-state index in [-0.39, 0.29) is 41.9 Å². The third-order valence-electron chi connectivity index (χ3n) is 12.1. The molecule has 11 aromatic rings. The Labute approximate surface area is 398 Å². The van der Waals surface area contributed by atoms with Gasteiger partial charge in [0.15, 0.2) is 0 Å². The third-order valence-corrected chi connectivity index (χ3v) is 12.1. The zero-order valence-electron chi connectivity index (χ0n) is 36.9. The summed E-state index contributed by atoms with van der Waals surface area (Å²) in [5.74, 6) is 0. The van der Waals surface area contributed by atoms with Crippen molar-refractivity contribution in [2.24, 2.45) is 0 Å². The summed E-state index contributed by atoms with van der Waals surface area (Å²) >= 11 is 0. The maximum atomic E-state index is 6.44. The van der Waals surface area contributed by atoms with Gasteiger partial charge in [-0.3, -0.25) is 9.97 Å². The summed E-state index contributed by atoms with van der Waals surface area (Å²) in [6.45, 7) is 13.6. The Morgan fingerprint density at radius 2 is 0.938 bits per heavy atom. The molecular formula is C58H46N4OU. The average molecular weight is 1050 g/mol. The first-order chi connectivity index (χ1) is 30.5. The molecule has 0 aliphatic rings. The number of hydrogen-bond acceptors (Lipinski definition) is 5. The quantitative estimate of drug-likeness (QED) is 0.118. The second-order valence-corrected chi connectivity index (χ2v) is 18.6. The van der Waals surface area contributed by atoms with Crippen molar-refractivity contribution >= 4 is 88.6 Å². The molecular weight excluding hydrogens is 1010 g/mol. The largest absolute Gasteiger partial charge is 2.00 e. The van der Waals surface area contributed by atoms with Crippen LogP contribution in [0.15, 0.2) is 174 Å². The molecule has 8 aromatic carbocycles. The van der Waals surface area contributed by atoms with Crippen LogP contribution in [0.5, 0.6) is 0 Å². The number of fused-ring (bicyclic) bond motifs is 3. The molecule has 5 nitrogen and oxygen atoms in total. The fourth-order valence-corrected chi connectivity index (χ4v) is 9.25. The van der Waals surface area contributed by atoms with Gasteiger partial charge in [0.05, 0.1) is 22.4 Å². The summed E-state index contributed by atoms with van der Waals surface area (Å²) in [5.41, 5.74) is 13.2. The molecule has 6 heteroatoms. The van der Waals surface area contributed by atoms with Crippen LogP contribution in [-0.4, -0.2) is 9.97 Å². The fourth-order valence-electron chi connectivity index (χ4n) is 9.25. The fraction of sp³-hybridized carbons (Fsp3) is 0.138. The molecule has 0 N–H and O–H groups in total. The van der Waals surface area contributed by atoms with Crippen LogP contribution in [0.1, 0.15) is 52.9 Å². The van der Waals surface area contributed by atoms with E-state index >= 15 is 0 Å². The summed E-state index contributed by atoms with van der Waals surface area (Å²) < 4.78 is 6.44. The molecule has 0 spiro atoms. The van der Waals surface area contributed by atoms with Gasteiger partial charge in [-0.25, -0.2) is 11.1 Å². The molecule has 3 heterocycles. The first-order valence-electron chi connectivity index (χ1n) is 21.7. The van der Waals surface area contributed by atoms with Crippen molar-refractivity contribution in [3.8, 4) is 11.1 Å². The van der Waals surface area contributed by atoms with Gasteiger partial charge in [-0.2, -0.15) is 36.4 Å². The van der Waals surface area contributed by atoms with Gasteiger partial charge >= 0.3 is 31.1 Å². The molecule has 0 radical (unpaired) electrons. The van der Waals surface area contributed by atoms with E-state index in [9.17, 15) is 0 Å². The van der Waals surface area contributed by atoms with Crippen molar-refractivity contribution < 1.29 is 35.5 Å². The van der Waals surface area contributed by atoms with E-state index < -0.39 is 0 Å². The van der Waals surface area contributed by atoms with Crippen LogP contribution in [0.4, 0.5) is 34.1 Å². The van der Waals surface area contributed by atoms with E-state index in [1.54, 1.807) is 0 Å². The number of pyridine rings is 2. The second-order valence-electron chi connectivity index (χ2n) is 18.6. The predicted octanol–water partition coefficient (Wildman–Crippen LogP) is 16.1. The van der Waals surface area contributed by atoms with E-state index in [1.807, 2.05) is 30.3 Å². The summed E-state index contributed by atoms with van der Waals surface area (Å²) in [7, 11) is 0. The summed E-state index contributed by atoms with van der Waals surface area (Å²) in [5, 5.41) is 6.67. The average Bonchev–Trinajstić information content (AvgIpc) is 3.66. The van der Waals surface area contributed by atoms with Gasteiger partial charge in [-0.1, -0.05) is 96.1 Å². The van der Waals surface area contributed by atoms with Crippen molar-refractivity contribution in [2.45, 2.75) is 52.4 Å². The van der Waals surface area contributed by atoms with Gasteiger partial charge < -0.3 is 14.2 Å². The zero-order valence-corrected chi connectivity index (χ0v) is 41.0. The van der Waals surface area contributed by atoms with Crippen molar-refractivity contribution in [1.29, 1.82) is 0 Å². The first-order valence-corrected chi connectivity index (χ1v) is 21.7. The topological polar surface area (TPSA) is 45.4 Å². The van der Waals surface area contributed by atoms with E-state index in [4.69, 9.17) is 14.4 Å². The van der Waals surface area contributed by atoms with E-state index in [2.05, 4.69) is 203 Å². The molecule has 0 saturated carbocycles. The summed E-state index contributed by atoms with van der Waals surface area (Å²) in [6.07, 6.45) is 0. The van der Waals surface area contributed by atoms with Gasteiger partial charge in [-0.05, 0) is 72.4 Å². The molecule has 11 rings (SSSR count). The smallest absolute Gasteiger partial charge is 0.456 e. The number of aromatic nitrogens is 2. The molecule has 0 bridgehead atoms. The predicted molar refractivity (Wildman–Crippen MR) is 263 cm³/mol. The number of para-hydroxylation sites is 3. The number of rotatable bonds is 7. The molecule has 0 atom stereocenters. The molecule has 0 aliphatic heterocycles. The Morgan fingerprint density at radius 3 is 1.48 bits per heavy atom. The monoisotopic (exact) mass is 1050 g/mol. The van der Waals surface area contributed by atoms with Gasteiger partial charge in [0.2, 0.25) is 0 Å². The normalized spacial score (nSPS) is 12.1. The molecule has 3 aromatic heterocycles. The molecule has 0 fully saturated rings. The van der Waals surface area contributed by atoms with E-state index in [0.29, 0.717) is 0 Å². The molecule has 0 amide bonds. The van der Waals surface area contributed by atoms with Crippen LogP contribution >= 0.6 is 0 Å². The van der Waals surface area contributed by atoms with E-state index in [0.717, 1.165) is 111 Å². The Balaban J connectivity index is 0.00000484. The summed E-state index contributed by atoms with van der Waals surface area (Å²) in [6, 6.07) is 66.4. The maximum absolute atomic E-state index is 6.44. The number of anilines is 6. The minimum absolute atomic E-state index is 0. The Hall–Kier alpha value is -6.45. The molecule has 64 heavy (non-hydrogen) atoms. The number of nitrogens with zero attached hydrogens (tertiary/aromatic N) is 4. The Morgan fingerprint density at radius 1 is 0.422 bits per heavy atom.